The van der Waals surface area contributed by atoms with Gasteiger partial charge in [0.05, 0.1) is 6.20 Å². The molecular weight excluding hydrogens is 210 g/mol. The van der Waals surface area contributed by atoms with Crippen molar-refractivity contribution >= 4 is 16.0 Å². The van der Waals surface area contributed by atoms with E-state index in [1.165, 1.54) is 14.1 Å². The van der Waals surface area contributed by atoms with Crippen molar-refractivity contribution in [1.82, 2.24) is 14.5 Å². The predicted octanol–water partition coefficient (Wildman–Crippen LogP) is -0.974. The van der Waals surface area contributed by atoms with Crippen LogP contribution < -0.4 is 4.72 Å². The van der Waals surface area contributed by atoms with Gasteiger partial charge in [0.15, 0.2) is 5.03 Å². The summed E-state index contributed by atoms with van der Waals surface area (Å²) in [5.41, 5.74) is -0.346. The van der Waals surface area contributed by atoms with Gasteiger partial charge in [-0.2, -0.15) is 5.10 Å². The van der Waals surface area contributed by atoms with E-state index in [2.05, 4.69) is 5.10 Å². The van der Waals surface area contributed by atoms with Gasteiger partial charge >= 0.3 is 5.97 Å². The number of aromatic nitrogens is 2. The van der Waals surface area contributed by atoms with Crippen LogP contribution in [0.2, 0.25) is 0 Å². The molecule has 2 N–H and O–H groups in total. The molecule has 1 aromatic rings. The van der Waals surface area contributed by atoms with Crippen molar-refractivity contribution in [3.63, 3.8) is 0 Å². The second-order valence-electron chi connectivity index (χ2n) is 2.50. The second-order valence-corrected chi connectivity index (χ2v) is 4.30. The maximum absolute atomic E-state index is 11.4. The van der Waals surface area contributed by atoms with Crippen molar-refractivity contribution < 1.29 is 18.3 Å². The van der Waals surface area contributed by atoms with Crippen molar-refractivity contribution in [2.75, 3.05) is 7.05 Å². The Kier molecular flexibility index (Phi) is 2.58. The number of nitrogens with zero attached hydrogens (tertiary/aromatic N) is 2. The van der Waals surface area contributed by atoms with Crippen LogP contribution in [0.4, 0.5) is 0 Å². The molecule has 0 fully saturated rings. The molecule has 0 bridgehead atoms. The summed E-state index contributed by atoms with van der Waals surface area (Å²) in [6, 6.07) is 0. The van der Waals surface area contributed by atoms with E-state index in [1.54, 1.807) is 0 Å². The average molecular weight is 219 g/mol. The van der Waals surface area contributed by atoms with Crippen LogP contribution in [0.25, 0.3) is 0 Å². The quantitative estimate of drug-likeness (QED) is 0.680. The van der Waals surface area contributed by atoms with Crippen molar-refractivity contribution in [2.24, 2.45) is 7.05 Å². The lowest BCUT2D eigenvalue weighted by Crippen LogP contribution is -2.23. The van der Waals surface area contributed by atoms with E-state index in [9.17, 15) is 13.2 Å². The van der Waals surface area contributed by atoms with E-state index >= 15 is 0 Å². The first kappa shape index (κ1) is 10.7. The zero-order valence-electron chi connectivity index (χ0n) is 7.55. The topological polar surface area (TPSA) is 101 Å². The highest BCUT2D eigenvalue weighted by molar-refractivity contribution is 7.89. The van der Waals surface area contributed by atoms with Crippen molar-refractivity contribution in [1.29, 1.82) is 0 Å². The summed E-state index contributed by atoms with van der Waals surface area (Å²) >= 11 is 0. The number of nitrogens with one attached hydrogen (secondary N) is 1. The van der Waals surface area contributed by atoms with Crippen molar-refractivity contribution in [3.8, 4) is 0 Å². The Bertz CT molecular complexity index is 461. The lowest BCUT2D eigenvalue weighted by Gasteiger charge is -2.03. The summed E-state index contributed by atoms with van der Waals surface area (Å²) in [7, 11) is -1.23. The molecule has 8 heteroatoms. The van der Waals surface area contributed by atoms with Crippen LogP contribution >= 0.6 is 0 Å². The number of carbonyl (C=O) groups is 1. The highest BCUT2D eigenvalue weighted by Crippen LogP contribution is 2.13. The molecule has 0 aromatic carbocycles. The summed E-state index contributed by atoms with van der Waals surface area (Å²) in [5.74, 6) is -1.33. The van der Waals surface area contributed by atoms with Gasteiger partial charge in [-0.1, -0.05) is 0 Å². The summed E-state index contributed by atoms with van der Waals surface area (Å²) in [6.07, 6.45) is 0.993. The minimum absolute atomic E-state index is 0.346. The number of carboxylic acids is 1. The number of hydrogen-bond acceptors (Lipinski definition) is 4. The maximum atomic E-state index is 11.4. The third kappa shape index (κ3) is 1.61. The number of sulfonamides is 1. The average Bonchev–Trinajstić information content (AvgIpc) is 2.47. The molecule has 14 heavy (non-hydrogen) atoms. The zero-order valence-corrected chi connectivity index (χ0v) is 8.37. The Hall–Kier alpha value is -1.41. The Morgan fingerprint density at radius 3 is 2.64 bits per heavy atom. The first-order chi connectivity index (χ1) is 6.40. The van der Waals surface area contributed by atoms with E-state index < -0.39 is 16.0 Å². The molecule has 0 unspecified atom stereocenters. The van der Waals surface area contributed by atoms with Crippen LogP contribution in [0.15, 0.2) is 11.2 Å². The first-order valence-electron chi connectivity index (χ1n) is 3.59. The Morgan fingerprint density at radius 1 is 1.64 bits per heavy atom. The molecular formula is C6H9N3O4S. The van der Waals surface area contributed by atoms with Gasteiger partial charge in [-0.25, -0.2) is 17.9 Å². The van der Waals surface area contributed by atoms with Gasteiger partial charge in [-0.3, -0.25) is 4.68 Å². The van der Waals surface area contributed by atoms with Gasteiger partial charge < -0.3 is 5.11 Å². The molecule has 7 nitrogen and oxygen atoms in total. The third-order valence-corrected chi connectivity index (χ3v) is 3.17. The smallest absolute Gasteiger partial charge is 0.340 e. The molecule has 0 aliphatic heterocycles. The Morgan fingerprint density at radius 2 is 2.21 bits per heavy atom. The van der Waals surface area contributed by atoms with Gasteiger partial charge in [0.1, 0.15) is 5.56 Å². The van der Waals surface area contributed by atoms with Gasteiger partial charge in [-0.05, 0) is 7.05 Å². The van der Waals surface area contributed by atoms with Crippen LogP contribution in [0.3, 0.4) is 0 Å². The van der Waals surface area contributed by atoms with Gasteiger partial charge in [-0.15, -0.1) is 0 Å². The SMILES string of the molecule is CNS(=O)(=O)c1c(C(=O)O)cnn1C. The third-order valence-electron chi connectivity index (χ3n) is 1.64. The number of hydrogen-bond donors (Lipinski definition) is 2. The summed E-state index contributed by atoms with van der Waals surface area (Å²) in [6.45, 7) is 0. The fourth-order valence-electron chi connectivity index (χ4n) is 0.988. The van der Waals surface area contributed by atoms with Crippen molar-refractivity contribution in [2.45, 2.75) is 5.03 Å². The molecule has 0 saturated heterocycles. The minimum atomic E-state index is -3.79. The molecule has 1 heterocycles. The molecule has 0 aliphatic rings. The molecule has 78 valence electrons. The summed E-state index contributed by atoms with van der Waals surface area (Å²) in [5, 5.41) is 11.9. The normalized spacial score (nSPS) is 11.6. The maximum Gasteiger partial charge on any atom is 0.340 e. The van der Waals surface area contributed by atoms with E-state index in [4.69, 9.17) is 5.11 Å². The van der Waals surface area contributed by atoms with Gasteiger partial charge in [0, 0.05) is 7.05 Å². The van der Waals surface area contributed by atoms with E-state index in [-0.39, 0.29) is 10.6 Å². The summed E-state index contributed by atoms with van der Waals surface area (Å²) < 4.78 is 25.8. The van der Waals surface area contributed by atoms with Crippen LogP contribution in [0.1, 0.15) is 10.4 Å². The standard InChI is InChI=1S/C6H9N3O4S/c1-7-14(12,13)5-4(6(10)11)3-8-9(5)2/h3,7H,1-2H3,(H,10,11). The number of carboxylic acid groups (broad SMARTS) is 1. The molecule has 0 radical (unpaired) electrons. The monoisotopic (exact) mass is 219 g/mol. The number of rotatable bonds is 3. The van der Waals surface area contributed by atoms with Gasteiger partial charge in [0.25, 0.3) is 10.0 Å². The largest absolute Gasteiger partial charge is 0.478 e. The van der Waals surface area contributed by atoms with Crippen LogP contribution in [0.5, 0.6) is 0 Å². The molecule has 0 amide bonds. The van der Waals surface area contributed by atoms with Crippen LogP contribution in [-0.4, -0.2) is 36.3 Å². The Labute approximate surface area is 80.4 Å². The first-order valence-corrected chi connectivity index (χ1v) is 5.07. The molecule has 0 saturated carbocycles. The molecule has 0 aliphatic carbocycles. The highest BCUT2D eigenvalue weighted by Gasteiger charge is 2.25. The van der Waals surface area contributed by atoms with Crippen molar-refractivity contribution in [3.05, 3.63) is 11.8 Å². The van der Waals surface area contributed by atoms with E-state index in [0.717, 1.165) is 10.9 Å². The molecule has 1 rings (SSSR count). The fourth-order valence-corrected chi connectivity index (χ4v) is 2.01. The lowest BCUT2D eigenvalue weighted by molar-refractivity contribution is 0.0692. The number of aromatic carboxylic acids is 1. The zero-order chi connectivity index (χ0) is 10.9. The van der Waals surface area contributed by atoms with E-state index in [0.29, 0.717) is 0 Å². The highest BCUT2D eigenvalue weighted by atomic mass is 32.2. The fraction of sp³-hybridized carbons (Fsp3) is 0.333. The summed E-state index contributed by atoms with van der Waals surface area (Å²) in [4.78, 5) is 10.7. The predicted molar refractivity (Wildman–Crippen MR) is 46.4 cm³/mol. The molecule has 1 aromatic heterocycles. The van der Waals surface area contributed by atoms with Crippen LogP contribution in [0, 0.1) is 0 Å². The Balaban J connectivity index is 3.47. The molecule has 0 atom stereocenters. The number of aryl methyl sites for hydroxylation is 1. The second kappa shape index (κ2) is 3.39. The molecule has 0 spiro atoms. The lowest BCUT2D eigenvalue weighted by atomic mass is 10.4. The van der Waals surface area contributed by atoms with Crippen LogP contribution in [-0.2, 0) is 17.1 Å². The van der Waals surface area contributed by atoms with E-state index in [1.807, 2.05) is 4.72 Å². The minimum Gasteiger partial charge on any atom is -0.478 e. The van der Waals surface area contributed by atoms with Gasteiger partial charge in [0.2, 0.25) is 0 Å².